The van der Waals surface area contributed by atoms with Crippen LogP contribution in [0.15, 0.2) is 11.7 Å². The summed E-state index contributed by atoms with van der Waals surface area (Å²) in [5, 5.41) is 0. The molecule has 21 heteroatoms. The molecule has 0 aliphatic heterocycles. The molecule has 0 radical (unpaired) electrons. The van der Waals surface area contributed by atoms with Gasteiger partial charge in [-0.25, -0.2) is 61.5 Å². The summed E-state index contributed by atoms with van der Waals surface area (Å²) in [6, 6.07) is 0. The van der Waals surface area contributed by atoms with Crippen molar-refractivity contribution in [2.45, 2.75) is 63.1 Å². The third-order valence-electron chi connectivity index (χ3n) is 9.16. The molecule has 0 aromatic heterocycles. The second kappa shape index (κ2) is 12.6. The SMILES string of the molecule is CCC1(F)C(F)C(F)=C(F)C(CC)([N+](c2c(F)c(F)c(F)c(F)c2F)(c2c(F)c(F)c(F)c(F)c2F)c2c(F)c(F)c(F)c(F)c2F)C1(F)CC. The van der Waals surface area contributed by atoms with Crippen LogP contribution in [0.25, 0.3) is 0 Å². The first kappa shape index (κ1) is 39.7. The van der Waals surface area contributed by atoms with Crippen LogP contribution in [0.3, 0.4) is 0 Å². The van der Waals surface area contributed by atoms with E-state index in [-0.39, 0.29) is 13.8 Å². The fourth-order valence-electron chi connectivity index (χ4n) is 6.93. The average Bonchev–Trinajstić information content (AvgIpc) is 3.11. The van der Waals surface area contributed by atoms with Crippen LogP contribution in [-0.2, 0) is 0 Å². The molecule has 3 aromatic carbocycles. The smallest absolute Gasteiger partial charge is 0.226 e. The third kappa shape index (κ3) is 4.41. The molecule has 1 aliphatic rings. The summed E-state index contributed by atoms with van der Waals surface area (Å²) in [5.74, 6) is -60.5. The minimum atomic E-state index is -5.44. The molecular formula is C30H16F20N+. The predicted molar refractivity (Wildman–Crippen MR) is 135 cm³/mol. The molecule has 0 saturated heterocycles. The lowest BCUT2D eigenvalue weighted by molar-refractivity contribution is -0.166. The van der Waals surface area contributed by atoms with Crippen LogP contribution >= 0.6 is 0 Å². The van der Waals surface area contributed by atoms with Gasteiger partial charge in [-0.15, -0.1) is 0 Å². The van der Waals surface area contributed by atoms with Gasteiger partial charge in [-0.05, 0) is 12.8 Å². The highest BCUT2D eigenvalue weighted by Crippen LogP contribution is 2.69. The van der Waals surface area contributed by atoms with Crippen LogP contribution in [0.4, 0.5) is 105 Å². The third-order valence-corrected chi connectivity index (χ3v) is 9.16. The van der Waals surface area contributed by atoms with Crippen molar-refractivity contribution in [1.82, 2.24) is 4.48 Å². The van der Waals surface area contributed by atoms with Gasteiger partial charge in [0.15, 0.2) is 23.5 Å². The van der Waals surface area contributed by atoms with Crippen LogP contribution in [0.1, 0.15) is 40.0 Å². The van der Waals surface area contributed by atoms with Gasteiger partial charge in [-0.1, -0.05) is 20.8 Å². The number of allylic oxidation sites excluding steroid dienone is 1. The molecule has 0 spiro atoms. The Morgan fingerprint density at radius 1 is 0.412 bits per heavy atom. The highest BCUT2D eigenvalue weighted by Gasteiger charge is 2.83. The van der Waals surface area contributed by atoms with Crippen molar-refractivity contribution < 1.29 is 87.8 Å². The number of benzene rings is 3. The quantitative estimate of drug-likeness (QED) is 0.0972. The molecule has 0 fully saturated rings. The lowest BCUT2D eigenvalue weighted by atomic mass is 9.58. The first-order valence-electron chi connectivity index (χ1n) is 14.0. The van der Waals surface area contributed by atoms with Crippen LogP contribution in [0, 0.1) is 87.3 Å². The van der Waals surface area contributed by atoms with Crippen molar-refractivity contribution in [2.75, 3.05) is 0 Å². The van der Waals surface area contributed by atoms with Gasteiger partial charge in [-0.3, -0.25) is 0 Å². The predicted octanol–water partition coefficient (Wildman–Crippen LogP) is 11.6. The Kier molecular flexibility index (Phi) is 9.80. The number of alkyl halides is 3. The Bertz CT molecular complexity index is 1760. The van der Waals surface area contributed by atoms with Crippen LogP contribution < -0.4 is 4.48 Å². The van der Waals surface area contributed by atoms with E-state index in [1.54, 1.807) is 0 Å². The molecular weight excluding hydrogens is 754 g/mol. The molecule has 0 saturated carbocycles. The number of nitrogens with zero attached hydrogens (tertiary/aromatic N) is 1. The number of hydrogen-bond acceptors (Lipinski definition) is 0. The van der Waals surface area contributed by atoms with Gasteiger partial charge in [0.05, 0.1) is 0 Å². The Hall–Kier alpha value is -4.04. The van der Waals surface area contributed by atoms with Crippen molar-refractivity contribution >= 4 is 17.1 Å². The minimum absolute atomic E-state index is 0.0998. The molecule has 51 heavy (non-hydrogen) atoms. The standard InChI is InChI=1S/C30H16F20N/c1-4-28(49)26(47)22(46)27(48)29(5-2,30(28,50)6-3)51(23-16(40)10(34)7(31)11(35)17(23)41,24-18(42)12(36)8(32)13(37)19(24)43)25-20(44)14(38)9(33)15(39)21(25)45/h26H,4-6H2,1-3H3/q+1. The summed E-state index contributed by atoms with van der Waals surface area (Å²) in [7, 11) is 0. The fraction of sp³-hybridized carbons (Fsp3) is 0.333. The number of quaternary nitrogens is 1. The summed E-state index contributed by atoms with van der Waals surface area (Å²) < 4.78 is 307. The van der Waals surface area contributed by atoms with Crippen LogP contribution in [0.2, 0.25) is 0 Å². The van der Waals surface area contributed by atoms with Gasteiger partial charge >= 0.3 is 0 Å². The molecule has 4 rings (SSSR count). The van der Waals surface area contributed by atoms with E-state index in [9.17, 15) is 13.2 Å². The maximum Gasteiger partial charge on any atom is 0.226 e. The van der Waals surface area contributed by atoms with Crippen LogP contribution in [0.5, 0.6) is 0 Å². The summed E-state index contributed by atoms with van der Waals surface area (Å²) in [4.78, 5) is 0. The zero-order chi connectivity index (χ0) is 39.2. The number of rotatable bonds is 7. The lowest BCUT2D eigenvalue weighted by Gasteiger charge is -2.60. The van der Waals surface area contributed by atoms with E-state index in [1.165, 1.54) is 0 Å². The highest BCUT2D eigenvalue weighted by atomic mass is 19.2. The molecule has 4 unspecified atom stereocenters. The maximum atomic E-state index is 17.9. The van der Waals surface area contributed by atoms with Crippen molar-refractivity contribution in [3.8, 4) is 0 Å². The monoisotopic (exact) mass is 770 g/mol. The Labute approximate surface area is 272 Å². The van der Waals surface area contributed by atoms with Gasteiger partial charge in [0, 0.05) is 6.42 Å². The fourth-order valence-corrected chi connectivity index (χ4v) is 6.93. The molecule has 0 N–H and O–H groups in total. The van der Waals surface area contributed by atoms with Crippen molar-refractivity contribution in [3.05, 3.63) is 98.9 Å². The van der Waals surface area contributed by atoms with Crippen LogP contribution in [-0.4, -0.2) is 23.0 Å². The molecule has 1 nitrogen and oxygen atoms in total. The summed E-state index contributed by atoms with van der Waals surface area (Å²) in [6.07, 6.45) is -10.6. The molecule has 3 aromatic rings. The van der Waals surface area contributed by atoms with E-state index in [4.69, 9.17) is 0 Å². The Morgan fingerprint density at radius 3 is 0.882 bits per heavy atom. The van der Waals surface area contributed by atoms with E-state index in [0.29, 0.717) is 6.92 Å². The van der Waals surface area contributed by atoms with Gasteiger partial charge in [-0.2, -0.15) is 30.8 Å². The zero-order valence-electron chi connectivity index (χ0n) is 25.2. The Morgan fingerprint density at radius 2 is 0.667 bits per heavy atom. The van der Waals surface area contributed by atoms with E-state index < -0.39 is 163 Å². The molecule has 1 aliphatic carbocycles. The number of hydrogen-bond donors (Lipinski definition) is 0. The minimum Gasteiger partial charge on any atom is -0.236 e. The summed E-state index contributed by atoms with van der Waals surface area (Å²) >= 11 is 0. The second-order valence-corrected chi connectivity index (χ2v) is 11.0. The van der Waals surface area contributed by atoms with Crippen molar-refractivity contribution in [2.24, 2.45) is 0 Å². The Balaban J connectivity index is 2.79. The maximum absolute atomic E-state index is 17.9. The summed E-state index contributed by atoms with van der Waals surface area (Å²) in [5.41, 5.74) is -26.4. The van der Waals surface area contributed by atoms with Crippen molar-refractivity contribution in [1.29, 1.82) is 0 Å². The topological polar surface area (TPSA) is 0 Å². The molecule has 0 amide bonds. The molecule has 0 heterocycles. The lowest BCUT2D eigenvalue weighted by Crippen LogP contribution is -2.79. The van der Waals surface area contributed by atoms with Gasteiger partial charge in [0.25, 0.3) is 0 Å². The van der Waals surface area contributed by atoms with E-state index in [1.807, 2.05) is 0 Å². The summed E-state index contributed by atoms with van der Waals surface area (Å²) in [6.45, 7) is 0.752. The molecule has 280 valence electrons. The van der Waals surface area contributed by atoms with Gasteiger partial charge in [0.1, 0.15) is 0 Å². The first-order chi connectivity index (χ1) is 23.4. The second-order valence-electron chi connectivity index (χ2n) is 11.0. The average molecular weight is 770 g/mol. The van der Waals surface area contributed by atoms with Crippen molar-refractivity contribution in [3.63, 3.8) is 0 Å². The zero-order valence-corrected chi connectivity index (χ0v) is 25.2. The van der Waals surface area contributed by atoms with Gasteiger partial charge in [0.2, 0.25) is 116 Å². The number of halogens is 20. The normalized spacial score (nSPS) is 24.2. The first-order valence-corrected chi connectivity index (χ1v) is 14.0. The van der Waals surface area contributed by atoms with E-state index in [2.05, 4.69) is 0 Å². The van der Waals surface area contributed by atoms with E-state index >= 15 is 74.6 Å². The molecule has 0 bridgehead atoms. The van der Waals surface area contributed by atoms with E-state index in [0.717, 1.165) is 0 Å². The van der Waals surface area contributed by atoms with Gasteiger partial charge < -0.3 is 0 Å². The highest BCUT2D eigenvalue weighted by molar-refractivity contribution is 5.79. The largest absolute Gasteiger partial charge is 0.236 e. The molecule has 4 atom stereocenters.